The van der Waals surface area contributed by atoms with Gasteiger partial charge in [-0.2, -0.15) is 0 Å². The third-order valence-corrected chi connectivity index (χ3v) is 6.03. The number of para-hydroxylation sites is 2. The zero-order chi connectivity index (χ0) is 23.4. The smallest absolute Gasteiger partial charge is 0.243 e. The van der Waals surface area contributed by atoms with Crippen molar-refractivity contribution >= 4 is 46.4 Å². The van der Waals surface area contributed by atoms with Gasteiger partial charge in [0.2, 0.25) is 11.8 Å². The number of halogens is 2. The molecular weight excluding hydrogens is 461 g/mol. The predicted molar refractivity (Wildman–Crippen MR) is 131 cm³/mol. The maximum Gasteiger partial charge on any atom is 0.243 e. The fourth-order valence-electron chi connectivity index (χ4n) is 3.58. The van der Waals surface area contributed by atoms with E-state index in [2.05, 4.69) is 10.9 Å². The van der Waals surface area contributed by atoms with E-state index in [0.717, 1.165) is 16.8 Å². The molecule has 3 aromatic carbocycles. The number of anilines is 2. The first kappa shape index (κ1) is 23.0. The van der Waals surface area contributed by atoms with Crippen LogP contribution in [0.1, 0.15) is 17.5 Å². The van der Waals surface area contributed by atoms with Crippen molar-refractivity contribution in [3.63, 3.8) is 0 Å². The zero-order valence-corrected chi connectivity index (χ0v) is 19.5. The van der Waals surface area contributed by atoms with E-state index in [0.29, 0.717) is 28.0 Å². The SMILES string of the molecule is Cc1ccc(N2C[C@H](C(=O)NNc3ccccc3OCc3ccc(Cl)cc3Cl)CC2=O)cc1. The summed E-state index contributed by atoms with van der Waals surface area (Å²) in [4.78, 5) is 26.8. The van der Waals surface area contributed by atoms with Crippen molar-refractivity contribution in [1.82, 2.24) is 5.43 Å². The molecule has 1 aliphatic rings. The second-order valence-electron chi connectivity index (χ2n) is 7.88. The monoisotopic (exact) mass is 483 g/mol. The molecule has 4 rings (SSSR count). The lowest BCUT2D eigenvalue weighted by atomic mass is 10.1. The van der Waals surface area contributed by atoms with E-state index in [9.17, 15) is 9.59 Å². The van der Waals surface area contributed by atoms with Crippen LogP contribution in [0.2, 0.25) is 10.0 Å². The predicted octanol–water partition coefficient (Wildman–Crippen LogP) is 5.38. The van der Waals surface area contributed by atoms with Crippen LogP contribution in [0.5, 0.6) is 5.75 Å². The van der Waals surface area contributed by atoms with Crippen molar-refractivity contribution < 1.29 is 14.3 Å². The Labute approximate surface area is 202 Å². The van der Waals surface area contributed by atoms with Crippen LogP contribution in [0.3, 0.4) is 0 Å². The van der Waals surface area contributed by atoms with Crippen molar-refractivity contribution in [2.75, 3.05) is 16.9 Å². The Morgan fingerprint density at radius 3 is 2.61 bits per heavy atom. The molecule has 1 fully saturated rings. The van der Waals surface area contributed by atoms with Crippen molar-refractivity contribution in [3.05, 3.63) is 87.9 Å². The van der Waals surface area contributed by atoms with Crippen LogP contribution < -0.4 is 20.5 Å². The van der Waals surface area contributed by atoms with Crippen LogP contribution in [-0.4, -0.2) is 18.4 Å². The second kappa shape index (κ2) is 10.1. The van der Waals surface area contributed by atoms with Gasteiger partial charge < -0.3 is 9.64 Å². The van der Waals surface area contributed by atoms with E-state index in [4.69, 9.17) is 27.9 Å². The van der Waals surface area contributed by atoms with Crippen LogP contribution in [0.4, 0.5) is 11.4 Å². The molecule has 1 saturated heterocycles. The highest BCUT2D eigenvalue weighted by Crippen LogP contribution is 2.28. The first-order chi connectivity index (χ1) is 15.9. The van der Waals surface area contributed by atoms with Crippen molar-refractivity contribution in [2.45, 2.75) is 20.0 Å². The summed E-state index contributed by atoms with van der Waals surface area (Å²) in [5.41, 5.74) is 8.93. The van der Waals surface area contributed by atoms with Gasteiger partial charge in [0.1, 0.15) is 12.4 Å². The number of rotatable bonds is 7. The molecule has 0 bridgehead atoms. The number of ether oxygens (including phenoxy) is 1. The number of nitrogens with zero attached hydrogens (tertiary/aromatic N) is 1. The number of hydrazine groups is 1. The molecule has 1 aliphatic heterocycles. The third kappa shape index (κ3) is 5.59. The number of amides is 2. The lowest BCUT2D eigenvalue weighted by Crippen LogP contribution is -2.36. The quantitative estimate of drug-likeness (QED) is 0.442. The van der Waals surface area contributed by atoms with Gasteiger partial charge in [-0.1, -0.05) is 59.1 Å². The standard InChI is InChI=1S/C25H23Cl2N3O3/c1-16-6-10-20(11-7-16)30-14-18(12-24(30)31)25(32)29-28-22-4-2-3-5-23(22)33-15-17-8-9-19(26)13-21(17)27/h2-11,13,18,28H,12,14-15H2,1H3,(H,29,32)/t18-/m1/s1. The fourth-order valence-corrected chi connectivity index (χ4v) is 4.04. The molecule has 0 unspecified atom stereocenters. The van der Waals surface area contributed by atoms with Crippen LogP contribution >= 0.6 is 23.2 Å². The molecule has 0 aliphatic carbocycles. The molecule has 1 heterocycles. The van der Waals surface area contributed by atoms with Crippen LogP contribution in [0, 0.1) is 12.8 Å². The number of carbonyl (C=O) groups excluding carboxylic acids is 2. The van der Waals surface area contributed by atoms with Crippen LogP contribution in [0.15, 0.2) is 66.7 Å². The summed E-state index contributed by atoms with van der Waals surface area (Å²) in [5, 5.41) is 1.07. The van der Waals surface area contributed by atoms with Gasteiger partial charge in [-0.25, -0.2) is 0 Å². The highest BCUT2D eigenvalue weighted by atomic mass is 35.5. The second-order valence-corrected chi connectivity index (χ2v) is 8.72. The van der Waals surface area contributed by atoms with Crippen LogP contribution in [0.25, 0.3) is 0 Å². The summed E-state index contributed by atoms with van der Waals surface area (Å²) in [7, 11) is 0. The number of nitrogens with one attached hydrogen (secondary N) is 2. The Hall–Kier alpha value is -3.22. The van der Waals surface area contributed by atoms with Gasteiger partial charge in [0.25, 0.3) is 0 Å². The number of hydrogen-bond acceptors (Lipinski definition) is 4. The van der Waals surface area contributed by atoms with Crippen molar-refractivity contribution in [2.24, 2.45) is 5.92 Å². The third-order valence-electron chi connectivity index (χ3n) is 5.45. The highest BCUT2D eigenvalue weighted by molar-refractivity contribution is 6.35. The molecule has 33 heavy (non-hydrogen) atoms. The molecule has 0 radical (unpaired) electrons. The average molecular weight is 484 g/mol. The first-order valence-electron chi connectivity index (χ1n) is 10.5. The Morgan fingerprint density at radius 1 is 1.09 bits per heavy atom. The van der Waals surface area contributed by atoms with E-state index in [1.54, 1.807) is 35.2 Å². The molecule has 6 nitrogen and oxygen atoms in total. The Morgan fingerprint density at radius 2 is 1.85 bits per heavy atom. The normalized spacial score (nSPS) is 15.4. The molecule has 2 amide bonds. The van der Waals surface area contributed by atoms with E-state index in [-0.39, 0.29) is 24.8 Å². The number of hydrogen-bond donors (Lipinski definition) is 2. The minimum absolute atomic E-state index is 0.0671. The van der Waals surface area contributed by atoms with E-state index in [1.807, 2.05) is 43.3 Å². The van der Waals surface area contributed by atoms with Gasteiger partial charge in [-0.15, -0.1) is 0 Å². The Balaban J connectivity index is 1.36. The molecule has 3 aromatic rings. The molecule has 170 valence electrons. The van der Waals surface area contributed by atoms with Crippen molar-refractivity contribution in [3.8, 4) is 5.75 Å². The molecular formula is C25H23Cl2N3O3. The van der Waals surface area contributed by atoms with Gasteiger partial charge in [0, 0.05) is 34.3 Å². The summed E-state index contributed by atoms with van der Waals surface area (Å²) in [6.07, 6.45) is 0.161. The molecule has 0 saturated carbocycles. The largest absolute Gasteiger partial charge is 0.487 e. The molecule has 0 spiro atoms. The van der Waals surface area contributed by atoms with E-state index < -0.39 is 5.92 Å². The molecule has 0 aromatic heterocycles. The lowest BCUT2D eigenvalue weighted by Gasteiger charge is -2.18. The summed E-state index contributed by atoms with van der Waals surface area (Å²) < 4.78 is 5.90. The summed E-state index contributed by atoms with van der Waals surface area (Å²) in [6.45, 7) is 2.57. The fraction of sp³-hybridized carbons (Fsp3) is 0.200. The van der Waals surface area contributed by atoms with E-state index in [1.165, 1.54) is 0 Å². The lowest BCUT2D eigenvalue weighted by molar-refractivity contribution is -0.125. The number of carbonyl (C=O) groups is 2. The Kier molecular flexibility index (Phi) is 7.06. The average Bonchev–Trinajstić information content (AvgIpc) is 3.19. The molecule has 1 atom stereocenters. The number of aryl methyl sites for hydroxylation is 1. The first-order valence-corrected chi connectivity index (χ1v) is 11.2. The topological polar surface area (TPSA) is 70.7 Å². The van der Waals surface area contributed by atoms with Gasteiger partial charge in [0.05, 0.1) is 11.6 Å². The molecule has 8 heteroatoms. The zero-order valence-electron chi connectivity index (χ0n) is 18.0. The van der Waals surface area contributed by atoms with Gasteiger partial charge in [0.15, 0.2) is 0 Å². The number of benzene rings is 3. The minimum Gasteiger partial charge on any atom is -0.487 e. The Bertz CT molecular complexity index is 1170. The van der Waals surface area contributed by atoms with Crippen molar-refractivity contribution in [1.29, 1.82) is 0 Å². The maximum atomic E-state index is 12.7. The van der Waals surface area contributed by atoms with Gasteiger partial charge in [-0.05, 0) is 43.3 Å². The minimum atomic E-state index is -0.452. The van der Waals surface area contributed by atoms with Gasteiger partial charge in [-0.3, -0.25) is 20.4 Å². The van der Waals surface area contributed by atoms with Gasteiger partial charge >= 0.3 is 0 Å². The molecule has 2 N–H and O–H groups in total. The summed E-state index contributed by atoms with van der Waals surface area (Å²) in [6, 6.07) is 20.1. The maximum absolute atomic E-state index is 12.7. The van der Waals surface area contributed by atoms with Crippen LogP contribution in [-0.2, 0) is 16.2 Å². The highest BCUT2D eigenvalue weighted by Gasteiger charge is 2.35. The summed E-state index contributed by atoms with van der Waals surface area (Å²) in [5.74, 6) is -0.226. The summed E-state index contributed by atoms with van der Waals surface area (Å²) >= 11 is 12.2. The van der Waals surface area contributed by atoms with E-state index >= 15 is 0 Å².